The van der Waals surface area contributed by atoms with Crippen LogP contribution in [0.1, 0.15) is 57.3 Å². The van der Waals surface area contributed by atoms with Gasteiger partial charge in [-0.05, 0) is 63.3 Å². The zero-order chi connectivity index (χ0) is 20.8. The summed E-state index contributed by atoms with van der Waals surface area (Å²) >= 11 is 0. The number of carbonyl (C=O) groups excluding carboxylic acids is 2. The summed E-state index contributed by atoms with van der Waals surface area (Å²) in [6, 6.07) is 5.81. The van der Waals surface area contributed by atoms with E-state index in [1.807, 2.05) is 4.90 Å². The second-order valence-electron chi connectivity index (χ2n) is 7.78. The van der Waals surface area contributed by atoms with Crippen LogP contribution < -0.4 is 10.1 Å². The number of aliphatic carboxylic acids is 1. The molecule has 0 radical (unpaired) electrons. The third-order valence-corrected chi connectivity index (χ3v) is 5.18. The molecular formula is C21H30N2O5. The molecule has 1 aromatic rings. The first-order valence-electron chi connectivity index (χ1n) is 9.78. The SMILES string of the molecule is CC(C)[C@H](NC(=O)c1ccc(OCC(=O)N2C(C)CCCC2C)cc1)C(=O)O. The molecule has 7 heteroatoms. The highest BCUT2D eigenvalue weighted by Crippen LogP contribution is 2.23. The Morgan fingerprint density at radius 1 is 1.14 bits per heavy atom. The van der Waals surface area contributed by atoms with E-state index in [1.54, 1.807) is 38.1 Å². The number of hydrogen-bond acceptors (Lipinski definition) is 4. The Hall–Kier alpha value is -2.57. The smallest absolute Gasteiger partial charge is 0.326 e. The maximum absolute atomic E-state index is 12.5. The number of nitrogens with zero attached hydrogens (tertiary/aromatic N) is 1. The number of carboxylic acid groups (broad SMARTS) is 1. The van der Waals surface area contributed by atoms with Gasteiger partial charge in [-0.25, -0.2) is 4.79 Å². The summed E-state index contributed by atoms with van der Waals surface area (Å²) in [6.07, 6.45) is 3.15. The first-order chi connectivity index (χ1) is 13.2. The zero-order valence-electron chi connectivity index (χ0n) is 17.0. The van der Waals surface area contributed by atoms with E-state index in [0.29, 0.717) is 11.3 Å². The second kappa shape index (κ2) is 9.57. The molecule has 2 N–H and O–H groups in total. The van der Waals surface area contributed by atoms with Crippen molar-refractivity contribution in [2.45, 2.75) is 65.1 Å². The lowest BCUT2D eigenvalue weighted by Gasteiger charge is -2.38. The van der Waals surface area contributed by atoms with Crippen molar-refractivity contribution in [1.29, 1.82) is 0 Å². The van der Waals surface area contributed by atoms with Crippen LogP contribution in [0.3, 0.4) is 0 Å². The van der Waals surface area contributed by atoms with Crippen molar-refractivity contribution in [2.24, 2.45) is 5.92 Å². The number of likely N-dealkylation sites (tertiary alicyclic amines) is 1. The summed E-state index contributed by atoms with van der Waals surface area (Å²) in [5, 5.41) is 11.7. The van der Waals surface area contributed by atoms with Crippen molar-refractivity contribution >= 4 is 17.8 Å². The Kier molecular flexibility index (Phi) is 7.43. The van der Waals surface area contributed by atoms with E-state index < -0.39 is 17.9 Å². The summed E-state index contributed by atoms with van der Waals surface area (Å²) < 4.78 is 5.59. The standard InChI is InChI=1S/C21H30N2O5/c1-13(2)19(21(26)27)22-20(25)16-8-10-17(11-9-16)28-12-18(24)23-14(3)6-5-7-15(23)4/h8-11,13-15,19H,5-7,12H2,1-4H3,(H,22,25)(H,26,27)/t14?,15?,19-/m0/s1. The van der Waals surface area contributed by atoms with Gasteiger partial charge in [0.15, 0.2) is 6.61 Å². The van der Waals surface area contributed by atoms with Gasteiger partial charge in [-0.3, -0.25) is 9.59 Å². The van der Waals surface area contributed by atoms with Crippen LogP contribution in [0, 0.1) is 5.92 Å². The van der Waals surface area contributed by atoms with E-state index >= 15 is 0 Å². The Balaban J connectivity index is 1.92. The molecule has 2 rings (SSSR count). The topological polar surface area (TPSA) is 95.9 Å². The molecule has 1 saturated heterocycles. The molecule has 0 bridgehead atoms. The van der Waals surface area contributed by atoms with E-state index in [2.05, 4.69) is 19.2 Å². The average molecular weight is 390 g/mol. The number of piperidine rings is 1. The molecule has 0 aromatic heterocycles. The molecule has 1 heterocycles. The van der Waals surface area contributed by atoms with Gasteiger partial charge in [0.25, 0.3) is 11.8 Å². The highest BCUT2D eigenvalue weighted by molar-refractivity contribution is 5.96. The quantitative estimate of drug-likeness (QED) is 0.746. The lowest BCUT2D eigenvalue weighted by molar-refractivity contribution is -0.140. The molecule has 154 valence electrons. The highest BCUT2D eigenvalue weighted by Gasteiger charge is 2.29. The minimum absolute atomic E-state index is 0.0391. The molecule has 0 aliphatic carbocycles. The van der Waals surface area contributed by atoms with Gasteiger partial charge in [0.2, 0.25) is 0 Å². The molecule has 0 saturated carbocycles. The first kappa shape index (κ1) is 21.7. The lowest BCUT2D eigenvalue weighted by Crippen LogP contribution is -2.49. The van der Waals surface area contributed by atoms with E-state index in [0.717, 1.165) is 19.3 Å². The predicted octanol–water partition coefficient (Wildman–Crippen LogP) is 2.69. The van der Waals surface area contributed by atoms with Gasteiger partial charge in [0.05, 0.1) is 0 Å². The number of rotatable bonds is 7. The molecule has 1 aromatic carbocycles. The molecule has 1 fully saturated rings. The van der Waals surface area contributed by atoms with Crippen LogP contribution in [-0.4, -0.2) is 52.5 Å². The fourth-order valence-electron chi connectivity index (χ4n) is 3.57. The maximum Gasteiger partial charge on any atom is 0.326 e. The minimum atomic E-state index is -1.07. The summed E-state index contributed by atoms with van der Waals surface area (Å²) in [5.41, 5.74) is 0.337. The second-order valence-corrected chi connectivity index (χ2v) is 7.78. The van der Waals surface area contributed by atoms with Crippen LogP contribution in [-0.2, 0) is 9.59 Å². The normalized spacial score (nSPS) is 20.5. The minimum Gasteiger partial charge on any atom is -0.484 e. The molecule has 1 aliphatic rings. The number of amides is 2. The summed E-state index contributed by atoms with van der Waals surface area (Å²) in [6.45, 7) is 7.54. The van der Waals surface area contributed by atoms with Gasteiger partial charge >= 0.3 is 5.97 Å². The van der Waals surface area contributed by atoms with Crippen molar-refractivity contribution in [3.05, 3.63) is 29.8 Å². The number of nitrogens with one attached hydrogen (secondary N) is 1. The fraction of sp³-hybridized carbons (Fsp3) is 0.571. The van der Waals surface area contributed by atoms with Crippen molar-refractivity contribution in [3.8, 4) is 5.75 Å². The Morgan fingerprint density at radius 3 is 2.21 bits per heavy atom. The average Bonchev–Trinajstić information content (AvgIpc) is 2.64. The molecule has 7 nitrogen and oxygen atoms in total. The van der Waals surface area contributed by atoms with Gasteiger partial charge in [-0.15, -0.1) is 0 Å². The number of carbonyl (C=O) groups is 3. The third-order valence-electron chi connectivity index (χ3n) is 5.18. The van der Waals surface area contributed by atoms with Crippen LogP contribution in [0.15, 0.2) is 24.3 Å². The first-order valence-corrected chi connectivity index (χ1v) is 9.78. The van der Waals surface area contributed by atoms with Crippen LogP contribution in [0.5, 0.6) is 5.75 Å². The number of hydrogen-bond donors (Lipinski definition) is 2. The molecule has 2 unspecified atom stereocenters. The van der Waals surface area contributed by atoms with Crippen molar-refractivity contribution in [3.63, 3.8) is 0 Å². The van der Waals surface area contributed by atoms with E-state index in [1.165, 1.54) is 0 Å². The van der Waals surface area contributed by atoms with Gasteiger partial charge in [-0.2, -0.15) is 0 Å². The monoisotopic (exact) mass is 390 g/mol. The number of benzene rings is 1. The van der Waals surface area contributed by atoms with Gasteiger partial charge < -0.3 is 20.1 Å². The Bertz CT molecular complexity index is 691. The molecule has 1 aliphatic heterocycles. The predicted molar refractivity (Wildman–Crippen MR) is 105 cm³/mol. The zero-order valence-corrected chi connectivity index (χ0v) is 17.0. The van der Waals surface area contributed by atoms with Crippen LogP contribution in [0.4, 0.5) is 0 Å². The van der Waals surface area contributed by atoms with E-state index in [9.17, 15) is 19.5 Å². The Labute approximate surface area is 166 Å². The van der Waals surface area contributed by atoms with Crippen molar-refractivity contribution in [2.75, 3.05) is 6.61 Å². The molecule has 3 atom stereocenters. The van der Waals surface area contributed by atoms with Gasteiger partial charge in [-0.1, -0.05) is 13.8 Å². The van der Waals surface area contributed by atoms with Gasteiger partial charge in [0.1, 0.15) is 11.8 Å². The summed E-state index contributed by atoms with van der Waals surface area (Å²) in [5.74, 6) is -1.30. The van der Waals surface area contributed by atoms with Crippen molar-refractivity contribution in [1.82, 2.24) is 10.2 Å². The lowest BCUT2D eigenvalue weighted by atomic mass is 9.97. The maximum atomic E-state index is 12.5. The van der Waals surface area contributed by atoms with Gasteiger partial charge in [0, 0.05) is 17.6 Å². The molecule has 0 spiro atoms. The van der Waals surface area contributed by atoms with E-state index in [-0.39, 0.29) is 30.5 Å². The fourth-order valence-corrected chi connectivity index (χ4v) is 3.57. The molecule has 2 amide bonds. The number of carboxylic acids is 1. The number of ether oxygens (including phenoxy) is 1. The summed E-state index contributed by atoms with van der Waals surface area (Å²) in [7, 11) is 0. The van der Waals surface area contributed by atoms with Crippen molar-refractivity contribution < 1.29 is 24.2 Å². The summed E-state index contributed by atoms with van der Waals surface area (Å²) in [4.78, 5) is 37.9. The van der Waals surface area contributed by atoms with Crippen LogP contribution in [0.25, 0.3) is 0 Å². The third kappa shape index (κ3) is 5.47. The Morgan fingerprint density at radius 2 is 1.71 bits per heavy atom. The highest BCUT2D eigenvalue weighted by atomic mass is 16.5. The van der Waals surface area contributed by atoms with Crippen LogP contribution in [0.2, 0.25) is 0 Å². The molecular weight excluding hydrogens is 360 g/mol. The molecule has 28 heavy (non-hydrogen) atoms. The van der Waals surface area contributed by atoms with Crippen LogP contribution >= 0.6 is 0 Å². The van der Waals surface area contributed by atoms with E-state index in [4.69, 9.17) is 4.74 Å². The largest absolute Gasteiger partial charge is 0.484 e.